The first-order valence-electron chi connectivity index (χ1n) is 10.6. The predicted molar refractivity (Wildman–Crippen MR) is 126 cm³/mol. The van der Waals surface area contributed by atoms with Crippen LogP contribution in [0.25, 0.3) is 11.1 Å². The molecule has 0 saturated carbocycles. The first-order valence-corrected chi connectivity index (χ1v) is 11.5. The lowest BCUT2D eigenvalue weighted by atomic mass is 9.96. The van der Waals surface area contributed by atoms with Crippen LogP contribution in [0.1, 0.15) is 23.1 Å². The van der Waals surface area contributed by atoms with E-state index in [2.05, 4.69) is 41.7 Å². The number of hydrogen-bond donors (Lipinski definition) is 1. The smallest absolute Gasteiger partial charge is 0.286 e. The van der Waals surface area contributed by atoms with Gasteiger partial charge in [-0.3, -0.25) is 19.7 Å². The highest BCUT2D eigenvalue weighted by molar-refractivity contribution is 8.15. The van der Waals surface area contributed by atoms with Gasteiger partial charge in [0, 0.05) is 12.1 Å². The Balaban J connectivity index is 1.37. The van der Waals surface area contributed by atoms with Crippen LogP contribution >= 0.6 is 11.8 Å². The third kappa shape index (κ3) is 4.18. The van der Waals surface area contributed by atoms with Gasteiger partial charge in [0.25, 0.3) is 5.24 Å². The Bertz CT molecular complexity index is 1190. The predicted octanol–water partition coefficient (Wildman–Crippen LogP) is 4.73. The normalized spacial score (nSPS) is 17.9. The number of aryl methyl sites for hydroxylation is 1. The van der Waals surface area contributed by atoms with Crippen molar-refractivity contribution < 1.29 is 14.4 Å². The molecule has 0 aliphatic carbocycles. The number of hydrogen-bond acceptors (Lipinski definition) is 4. The molecule has 0 aromatic heterocycles. The monoisotopic (exact) mass is 442 g/mol. The number of amides is 3. The summed E-state index contributed by atoms with van der Waals surface area (Å²) >= 11 is 1.03. The Morgan fingerprint density at radius 3 is 2.28 bits per heavy atom. The lowest BCUT2D eigenvalue weighted by Gasteiger charge is -2.30. The van der Waals surface area contributed by atoms with Crippen LogP contribution in [0, 0.1) is 0 Å². The highest BCUT2D eigenvalue weighted by Gasteiger charge is 2.32. The Hall–Kier alpha value is -3.38. The van der Waals surface area contributed by atoms with Gasteiger partial charge in [0.05, 0.1) is 11.8 Å². The third-order valence-corrected chi connectivity index (χ3v) is 6.92. The van der Waals surface area contributed by atoms with E-state index in [1.54, 1.807) is 0 Å². The average Bonchev–Trinajstić information content (AvgIpc) is 3.13. The maximum atomic E-state index is 12.8. The van der Waals surface area contributed by atoms with Crippen molar-refractivity contribution >= 4 is 34.5 Å². The number of rotatable bonds is 5. The van der Waals surface area contributed by atoms with E-state index in [1.807, 2.05) is 41.3 Å². The summed E-state index contributed by atoms with van der Waals surface area (Å²) in [6.07, 6.45) is 1.67. The molecule has 2 heterocycles. The van der Waals surface area contributed by atoms with Crippen molar-refractivity contribution in [1.82, 2.24) is 5.32 Å². The molecule has 1 N–H and O–H groups in total. The summed E-state index contributed by atoms with van der Waals surface area (Å²) in [5.74, 6) is -0.144. The molecule has 1 atom stereocenters. The summed E-state index contributed by atoms with van der Waals surface area (Å²) in [4.78, 5) is 38.1. The molecule has 3 aromatic rings. The highest BCUT2D eigenvalue weighted by atomic mass is 32.2. The SMILES string of the molecule is O=C1NC(=O)C(Cc2ccc3c(c2)N(Cc2ccc(-c4ccccc4)cc2)C(=O)CC3)S1. The molecule has 2 aliphatic rings. The van der Waals surface area contributed by atoms with Crippen molar-refractivity contribution in [2.24, 2.45) is 0 Å². The molecule has 0 bridgehead atoms. The number of benzene rings is 3. The van der Waals surface area contributed by atoms with Crippen LogP contribution in [0.5, 0.6) is 0 Å². The number of thioether (sulfide) groups is 1. The number of nitrogens with one attached hydrogen (secondary N) is 1. The minimum atomic E-state index is -0.418. The van der Waals surface area contributed by atoms with Gasteiger partial charge in [-0.25, -0.2) is 0 Å². The van der Waals surface area contributed by atoms with E-state index in [9.17, 15) is 14.4 Å². The molecule has 3 amide bonds. The summed E-state index contributed by atoms with van der Waals surface area (Å²) < 4.78 is 0. The minimum Gasteiger partial charge on any atom is -0.308 e. The Morgan fingerprint density at radius 1 is 0.844 bits per heavy atom. The second kappa shape index (κ2) is 8.63. The van der Waals surface area contributed by atoms with Crippen LogP contribution in [-0.4, -0.2) is 22.3 Å². The van der Waals surface area contributed by atoms with Gasteiger partial charge in [0.15, 0.2) is 0 Å². The Morgan fingerprint density at radius 2 is 1.56 bits per heavy atom. The molecule has 0 radical (unpaired) electrons. The van der Waals surface area contributed by atoms with Crippen molar-refractivity contribution in [2.75, 3.05) is 4.90 Å². The van der Waals surface area contributed by atoms with Crippen molar-refractivity contribution in [3.8, 4) is 11.1 Å². The summed E-state index contributed by atoms with van der Waals surface area (Å²) in [6.45, 7) is 0.501. The quantitative estimate of drug-likeness (QED) is 0.621. The second-order valence-corrected chi connectivity index (χ2v) is 9.27. The van der Waals surface area contributed by atoms with Gasteiger partial charge >= 0.3 is 0 Å². The fraction of sp³-hybridized carbons (Fsp3) is 0.192. The maximum Gasteiger partial charge on any atom is 0.286 e. The first-order chi connectivity index (χ1) is 15.6. The van der Waals surface area contributed by atoms with E-state index < -0.39 is 5.25 Å². The molecule has 32 heavy (non-hydrogen) atoms. The summed E-state index contributed by atoms with van der Waals surface area (Å²) in [6, 6.07) is 24.6. The second-order valence-electron chi connectivity index (χ2n) is 8.09. The molecule has 1 unspecified atom stereocenters. The molecule has 0 spiro atoms. The lowest BCUT2D eigenvalue weighted by molar-refractivity contribution is -0.119. The summed E-state index contributed by atoms with van der Waals surface area (Å²) in [5.41, 5.74) is 6.35. The molecule has 1 saturated heterocycles. The molecule has 5 rings (SSSR count). The third-order valence-electron chi connectivity index (χ3n) is 5.94. The minimum absolute atomic E-state index is 0.102. The fourth-order valence-electron chi connectivity index (χ4n) is 4.24. The van der Waals surface area contributed by atoms with Gasteiger partial charge < -0.3 is 4.90 Å². The number of anilines is 1. The van der Waals surface area contributed by atoms with Gasteiger partial charge in [-0.15, -0.1) is 0 Å². The van der Waals surface area contributed by atoms with Gasteiger partial charge in [-0.2, -0.15) is 0 Å². The zero-order valence-corrected chi connectivity index (χ0v) is 18.2. The molecular formula is C26H22N2O3S. The van der Waals surface area contributed by atoms with Gasteiger partial charge in [-0.1, -0.05) is 78.5 Å². The van der Waals surface area contributed by atoms with E-state index >= 15 is 0 Å². The van der Waals surface area contributed by atoms with Crippen molar-refractivity contribution in [1.29, 1.82) is 0 Å². The van der Waals surface area contributed by atoms with Gasteiger partial charge in [0.2, 0.25) is 11.8 Å². The first kappa shape index (κ1) is 20.5. The van der Waals surface area contributed by atoms with Crippen LogP contribution in [0.3, 0.4) is 0 Å². The van der Waals surface area contributed by atoms with Crippen LogP contribution in [0.4, 0.5) is 10.5 Å². The molecule has 6 heteroatoms. The van der Waals surface area contributed by atoms with E-state index in [4.69, 9.17) is 0 Å². The summed E-state index contributed by atoms with van der Waals surface area (Å²) in [5, 5.41) is 1.62. The Kier molecular flexibility index (Phi) is 5.53. The van der Waals surface area contributed by atoms with Crippen LogP contribution in [-0.2, 0) is 29.0 Å². The fourth-order valence-corrected chi connectivity index (χ4v) is 5.10. The zero-order valence-electron chi connectivity index (χ0n) is 17.4. The van der Waals surface area contributed by atoms with Gasteiger partial charge in [-0.05, 0) is 46.7 Å². The van der Waals surface area contributed by atoms with E-state index in [0.717, 1.165) is 51.7 Å². The molecule has 5 nitrogen and oxygen atoms in total. The molecular weight excluding hydrogens is 420 g/mol. The lowest BCUT2D eigenvalue weighted by Crippen LogP contribution is -2.34. The summed E-state index contributed by atoms with van der Waals surface area (Å²) in [7, 11) is 0. The number of nitrogens with zero attached hydrogens (tertiary/aromatic N) is 1. The number of carbonyl (C=O) groups excluding carboxylic acids is 3. The largest absolute Gasteiger partial charge is 0.308 e. The van der Waals surface area contributed by atoms with E-state index in [1.165, 1.54) is 0 Å². The van der Waals surface area contributed by atoms with Crippen molar-refractivity contribution in [2.45, 2.75) is 31.1 Å². The molecule has 2 aliphatic heterocycles. The topological polar surface area (TPSA) is 66.5 Å². The maximum absolute atomic E-state index is 12.8. The Labute approximate surface area is 190 Å². The van der Waals surface area contributed by atoms with Crippen LogP contribution in [0.2, 0.25) is 0 Å². The van der Waals surface area contributed by atoms with Crippen molar-refractivity contribution in [3.63, 3.8) is 0 Å². The average molecular weight is 443 g/mol. The zero-order chi connectivity index (χ0) is 22.1. The van der Waals surface area contributed by atoms with Crippen LogP contribution < -0.4 is 10.2 Å². The van der Waals surface area contributed by atoms with Crippen molar-refractivity contribution in [3.05, 3.63) is 89.5 Å². The van der Waals surface area contributed by atoms with Crippen LogP contribution in [0.15, 0.2) is 72.8 Å². The van der Waals surface area contributed by atoms with E-state index in [0.29, 0.717) is 19.4 Å². The molecule has 3 aromatic carbocycles. The molecule has 160 valence electrons. The number of fused-ring (bicyclic) bond motifs is 1. The van der Waals surface area contributed by atoms with Gasteiger partial charge in [0.1, 0.15) is 0 Å². The van der Waals surface area contributed by atoms with E-state index in [-0.39, 0.29) is 17.1 Å². The number of imide groups is 1. The number of carbonyl (C=O) groups is 3. The standard InChI is InChI=1S/C26H22N2O3S/c29-24-13-12-21-11-8-18(15-23-25(30)27-26(31)32-23)14-22(21)28(24)16-17-6-9-20(10-7-17)19-4-2-1-3-5-19/h1-11,14,23H,12-13,15-16H2,(H,27,30,31). The highest BCUT2D eigenvalue weighted by Crippen LogP contribution is 2.32. The molecule has 1 fully saturated rings.